The number of carbonyl (C=O) groups excluding carboxylic acids is 1. The molecule has 2 aromatic carbocycles. The minimum atomic E-state index is -0.490. The Morgan fingerprint density at radius 3 is 2.64 bits per heavy atom. The number of thioether (sulfide) groups is 1. The van der Waals surface area contributed by atoms with Gasteiger partial charge >= 0.3 is 0 Å². The Bertz CT molecular complexity index is 794. The molecule has 6 heteroatoms. The third-order valence-electron chi connectivity index (χ3n) is 4.50. The maximum absolute atomic E-state index is 12.8. The molecule has 0 aromatic heterocycles. The Kier molecular flexibility index (Phi) is 5.38. The minimum Gasteiger partial charge on any atom is -0.338 e. The van der Waals surface area contributed by atoms with Crippen LogP contribution in [0.15, 0.2) is 48.5 Å². The van der Waals surface area contributed by atoms with Crippen molar-refractivity contribution in [2.75, 3.05) is 18.8 Å². The molecular weight excluding hydrogens is 336 g/mol. The van der Waals surface area contributed by atoms with E-state index < -0.39 is 4.92 Å². The van der Waals surface area contributed by atoms with Crippen LogP contribution in [0.1, 0.15) is 33.2 Å². The lowest BCUT2D eigenvalue weighted by Gasteiger charge is -2.20. The average molecular weight is 356 g/mol. The van der Waals surface area contributed by atoms with E-state index in [4.69, 9.17) is 0 Å². The largest absolute Gasteiger partial charge is 0.338 e. The highest BCUT2D eigenvalue weighted by molar-refractivity contribution is 7.99. The molecule has 1 amide bonds. The third kappa shape index (κ3) is 3.85. The fourth-order valence-corrected chi connectivity index (χ4v) is 4.48. The molecule has 2 aromatic rings. The molecule has 25 heavy (non-hydrogen) atoms. The van der Waals surface area contributed by atoms with E-state index in [1.54, 1.807) is 17.0 Å². The van der Waals surface area contributed by atoms with E-state index in [2.05, 4.69) is 19.1 Å². The number of rotatable bonds is 3. The summed E-state index contributed by atoms with van der Waals surface area (Å²) in [5, 5.41) is 11.5. The molecule has 1 fully saturated rings. The second-order valence-electron chi connectivity index (χ2n) is 6.07. The standard InChI is InChI=1S/C19H20N2O3S/c1-14-6-2-3-7-15(14)18-10-11-20(12-13-25-18)19(22)16-8-4-5-9-17(16)21(23)24/h2-9,18H,10-13H2,1H3. The van der Waals surface area contributed by atoms with E-state index in [-0.39, 0.29) is 17.2 Å². The first-order chi connectivity index (χ1) is 12.1. The van der Waals surface area contributed by atoms with Gasteiger partial charge in [0.2, 0.25) is 0 Å². The number of benzene rings is 2. The van der Waals surface area contributed by atoms with E-state index in [1.807, 2.05) is 23.9 Å². The fraction of sp³-hybridized carbons (Fsp3) is 0.316. The summed E-state index contributed by atoms with van der Waals surface area (Å²) in [4.78, 5) is 25.2. The summed E-state index contributed by atoms with van der Waals surface area (Å²) in [7, 11) is 0. The van der Waals surface area contributed by atoms with Gasteiger partial charge in [-0.2, -0.15) is 11.8 Å². The topological polar surface area (TPSA) is 63.5 Å². The van der Waals surface area contributed by atoms with Crippen molar-refractivity contribution in [1.29, 1.82) is 0 Å². The first kappa shape index (κ1) is 17.5. The maximum atomic E-state index is 12.8. The van der Waals surface area contributed by atoms with Gasteiger partial charge in [-0.1, -0.05) is 36.4 Å². The van der Waals surface area contributed by atoms with Gasteiger partial charge in [0, 0.05) is 30.2 Å². The second kappa shape index (κ2) is 7.70. The summed E-state index contributed by atoms with van der Waals surface area (Å²) >= 11 is 1.85. The lowest BCUT2D eigenvalue weighted by atomic mass is 10.0. The molecule has 1 saturated heterocycles. The lowest BCUT2D eigenvalue weighted by Crippen LogP contribution is -2.33. The van der Waals surface area contributed by atoms with Gasteiger partial charge in [-0.3, -0.25) is 14.9 Å². The highest BCUT2D eigenvalue weighted by Gasteiger charge is 2.27. The van der Waals surface area contributed by atoms with Gasteiger partial charge in [-0.15, -0.1) is 0 Å². The van der Waals surface area contributed by atoms with Crippen molar-refractivity contribution < 1.29 is 9.72 Å². The molecule has 130 valence electrons. The van der Waals surface area contributed by atoms with Crippen LogP contribution in [-0.4, -0.2) is 34.6 Å². The first-order valence-corrected chi connectivity index (χ1v) is 9.32. The third-order valence-corrected chi connectivity index (χ3v) is 5.81. The predicted molar refractivity (Wildman–Crippen MR) is 100.0 cm³/mol. The zero-order valence-electron chi connectivity index (χ0n) is 14.1. The summed E-state index contributed by atoms with van der Waals surface area (Å²) < 4.78 is 0. The van der Waals surface area contributed by atoms with Crippen molar-refractivity contribution in [3.63, 3.8) is 0 Å². The molecule has 1 aliphatic heterocycles. The molecule has 0 radical (unpaired) electrons. The van der Waals surface area contributed by atoms with Crippen molar-refractivity contribution >= 4 is 23.4 Å². The molecule has 0 saturated carbocycles. The van der Waals surface area contributed by atoms with Crippen LogP contribution in [-0.2, 0) is 0 Å². The first-order valence-electron chi connectivity index (χ1n) is 8.27. The smallest absolute Gasteiger partial charge is 0.282 e. The van der Waals surface area contributed by atoms with E-state index in [1.165, 1.54) is 23.3 Å². The van der Waals surface area contributed by atoms with Gasteiger partial charge < -0.3 is 4.90 Å². The molecule has 1 heterocycles. The quantitative estimate of drug-likeness (QED) is 0.610. The zero-order valence-corrected chi connectivity index (χ0v) is 14.9. The van der Waals surface area contributed by atoms with Crippen molar-refractivity contribution in [3.05, 3.63) is 75.3 Å². The summed E-state index contributed by atoms with van der Waals surface area (Å²) in [6.45, 7) is 3.33. The van der Waals surface area contributed by atoms with Crippen LogP contribution in [0.4, 0.5) is 5.69 Å². The van der Waals surface area contributed by atoms with Crippen molar-refractivity contribution in [3.8, 4) is 0 Å². The number of amides is 1. The average Bonchev–Trinajstić information content (AvgIpc) is 2.87. The molecule has 1 aliphatic rings. The van der Waals surface area contributed by atoms with Crippen LogP contribution in [0, 0.1) is 17.0 Å². The summed E-state index contributed by atoms with van der Waals surface area (Å²) in [5.41, 5.74) is 2.62. The molecule has 3 rings (SSSR count). The molecule has 1 atom stereocenters. The van der Waals surface area contributed by atoms with Gasteiger partial charge in [0.15, 0.2) is 0 Å². The number of aryl methyl sites for hydroxylation is 1. The van der Waals surface area contributed by atoms with Gasteiger partial charge in [0.25, 0.3) is 11.6 Å². The minimum absolute atomic E-state index is 0.125. The Hall–Kier alpha value is -2.34. The molecule has 0 spiro atoms. The molecule has 5 nitrogen and oxygen atoms in total. The fourth-order valence-electron chi connectivity index (χ4n) is 3.15. The Morgan fingerprint density at radius 2 is 1.88 bits per heavy atom. The van der Waals surface area contributed by atoms with E-state index in [9.17, 15) is 14.9 Å². The van der Waals surface area contributed by atoms with E-state index in [0.29, 0.717) is 18.3 Å². The van der Waals surface area contributed by atoms with Gasteiger partial charge in [0.05, 0.1) is 4.92 Å². The van der Waals surface area contributed by atoms with E-state index >= 15 is 0 Å². The maximum Gasteiger partial charge on any atom is 0.282 e. The zero-order chi connectivity index (χ0) is 17.8. The van der Waals surface area contributed by atoms with Crippen LogP contribution in [0.3, 0.4) is 0 Å². The summed E-state index contributed by atoms with van der Waals surface area (Å²) in [6, 6.07) is 14.5. The van der Waals surface area contributed by atoms with E-state index in [0.717, 1.165) is 12.2 Å². The molecule has 0 N–H and O–H groups in total. The van der Waals surface area contributed by atoms with Crippen LogP contribution >= 0.6 is 11.8 Å². The van der Waals surface area contributed by atoms with Crippen molar-refractivity contribution in [2.45, 2.75) is 18.6 Å². The molecule has 0 bridgehead atoms. The lowest BCUT2D eigenvalue weighted by molar-refractivity contribution is -0.385. The van der Waals surface area contributed by atoms with Crippen LogP contribution in [0.5, 0.6) is 0 Å². The van der Waals surface area contributed by atoms with Crippen molar-refractivity contribution in [1.82, 2.24) is 4.90 Å². The number of hydrogen-bond donors (Lipinski definition) is 0. The number of para-hydroxylation sites is 1. The van der Waals surface area contributed by atoms with Crippen LogP contribution in [0.2, 0.25) is 0 Å². The van der Waals surface area contributed by atoms with Gasteiger partial charge in [-0.25, -0.2) is 0 Å². The Morgan fingerprint density at radius 1 is 1.16 bits per heavy atom. The number of nitrogens with zero attached hydrogens (tertiary/aromatic N) is 2. The number of nitro benzene ring substituents is 1. The molecule has 0 aliphatic carbocycles. The van der Waals surface area contributed by atoms with Crippen LogP contribution < -0.4 is 0 Å². The monoisotopic (exact) mass is 356 g/mol. The molecule has 1 unspecified atom stereocenters. The number of nitro groups is 1. The molecular formula is C19H20N2O3S. The SMILES string of the molecule is Cc1ccccc1C1CCN(C(=O)c2ccccc2[N+](=O)[O-])CCS1. The van der Waals surface area contributed by atoms with Crippen molar-refractivity contribution in [2.24, 2.45) is 0 Å². The van der Waals surface area contributed by atoms with Gasteiger partial charge in [0.1, 0.15) is 5.56 Å². The normalized spacial score (nSPS) is 17.8. The second-order valence-corrected chi connectivity index (χ2v) is 7.38. The van der Waals surface area contributed by atoms with Crippen LogP contribution in [0.25, 0.3) is 0 Å². The highest BCUT2D eigenvalue weighted by Crippen LogP contribution is 2.36. The summed E-state index contributed by atoms with van der Waals surface area (Å²) in [5.74, 6) is 0.573. The Labute approximate surface area is 151 Å². The highest BCUT2D eigenvalue weighted by atomic mass is 32.2. The number of hydrogen-bond acceptors (Lipinski definition) is 4. The van der Waals surface area contributed by atoms with Gasteiger partial charge in [-0.05, 0) is 30.5 Å². The Balaban J connectivity index is 1.77. The number of carbonyl (C=O) groups is 1. The predicted octanol–water partition coefficient (Wildman–Crippen LogP) is 4.22. The summed E-state index contributed by atoms with van der Waals surface area (Å²) in [6.07, 6.45) is 0.849.